The first-order chi connectivity index (χ1) is 9.71. The number of hydrogen-bond donors (Lipinski definition) is 1. The molecule has 3 unspecified atom stereocenters. The zero-order valence-electron chi connectivity index (χ0n) is 14.2. The quantitative estimate of drug-likeness (QED) is 0.836. The maximum Gasteiger partial charge on any atom is 0.100 e. The smallest absolute Gasteiger partial charge is 0.100 e. The molecule has 1 N–H and O–H groups in total. The van der Waals surface area contributed by atoms with E-state index in [1.54, 1.807) is 0 Å². The summed E-state index contributed by atoms with van der Waals surface area (Å²) < 4.78 is 0. The minimum atomic E-state index is -0.685. The van der Waals surface area contributed by atoms with Crippen LogP contribution in [0.2, 0.25) is 0 Å². The van der Waals surface area contributed by atoms with Gasteiger partial charge >= 0.3 is 0 Å². The molecule has 1 nitrogen and oxygen atoms in total. The van der Waals surface area contributed by atoms with Crippen molar-refractivity contribution in [3.05, 3.63) is 35.4 Å². The third-order valence-electron chi connectivity index (χ3n) is 6.56. The van der Waals surface area contributed by atoms with E-state index in [-0.39, 0.29) is 10.8 Å². The minimum absolute atomic E-state index is 0.0313. The Morgan fingerprint density at radius 1 is 1.24 bits per heavy atom. The lowest BCUT2D eigenvalue weighted by Crippen LogP contribution is -2.51. The van der Waals surface area contributed by atoms with Crippen molar-refractivity contribution >= 4 is 0 Å². The summed E-state index contributed by atoms with van der Waals surface area (Å²) in [6, 6.07) is 8.76. The van der Waals surface area contributed by atoms with E-state index in [2.05, 4.69) is 58.9 Å². The largest absolute Gasteiger partial charge is 0.384 e. The van der Waals surface area contributed by atoms with Crippen LogP contribution in [0.15, 0.2) is 24.3 Å². The molecule has 0 aromatic heterocycles. The molecule has 2 aliphatic rings. The van der Waals surface area contributed by atoms with Crippen LogP contribution >= 0.6 is 0 Å². The lowest BCUT2D eigenvalue weighted by molar-refractivity contribution is -0.150. The molecule has 2 aliphatic carbocycles. The third-order valence-corrected chi connectivity index (χ3v) is 6.56. The Morgan fingerprint density at radius 2 is 1.95 bits per heavy atom. The number of aliphatic hydroxyl groups is 1. The van der Waals surface area contributed by atoms with E-state index in [0.717, 1.165) is 18.4 Å². The summed E-state index contributed by atoms with van der Waals surface area (Å²) in [5.41, 5.74) is 1.83. The van der Waals surface area contributed by atoms with Crippen molar-refractivity contribution in [2.75, 3.05) is 0 Å². The van der Waals surface area contributed by atoms with Crippen molar-refractivity contribution in [3.8, 4) is 0 Å². The second-order valence-electron chi connectivity index (χ2n) is 8.73. The van der Waals surface area contributed by atoms with Crippen molar-refractivity contribution in [1.82, 2.24) is 0 Å². The molecule has 0 saturated heterocycles. The Bertz CT molecular complexity index is 538. The van der Waals surface area contributed by atoms with Gasteiger partial charge in [0.2, 0.25) is 0 Å². The summed E-state index contributed by atoms with van der Waals surface area (Å²) in [6.07, 6.45) is 4.69. The summed E-state index contributed by atoms with van der Waals surface area (Å²) in [6.45, 7) is 11.4. The summed E-state index contributed by atoms with van der Waals surface area (Å²) in [4.78, 5) is 0. The summed E-state index contributed by atoms with van der Waals surface area (Å²) >= 11 is 0. The van der Waals surface area contributed by atoms with Gasteiger partial charge in [0.1, 0.15) is 5.60 Å². The molecular weight excluding hydrogens is 256 g/mol. The summed E-state index contributed by atoms with van der Waals surface area (Å²) in [5, 5.41) is 11.8. The van der Waals surface area contributed by atoms with Gasteiger partial charge in [-0.05, 0) is 48.6 Å². The Labute approximate surface area is 129 Å². The Morgan fingerprint density at radius 3 is 2.52 bits per heavy atom. The van der Waals surface area contributed by atoms with Crippen LogP contribution in [0.3, 0.4) is 0 Å². The van der Waals surface area contributed by atoms with E-state index in [0.29, 0.717) is 11.8 Å². The van der Waals surface area contributed by atoms with Gasteiger partial charge in [-0.1, -0.05) is 58.9 Å². The van der Waals surface area contributed by atoms with Gasteiger partial charge in [-0.2, -0.15) is 0 Å². The van der Waals surface area contributed by atoms with Crippen molar-refractivity contribution in [1.29, 1.82) is 0 Å². The SMILES string of the molecule is CC(C)Cc1cccc(C2(O)C3(C)CCC(C3)C2(C)C)c1. The molecule has 0 radical (unpaired) electrons. The average Bonchev–Trinajstić information content (AvgIpc) is 2.86. The van der Waals surface area contributed by atoms with Crippen LogP contribution in [-0.4, -0.2) is 5.11 Å². The molecule has 1 aromatic rings. The van der Waals surface area contributed by atoms with Gasteiger partial charge in [0, 0.05) is 10.8 Å². The number of hydrogen-bond acceptors (Lipinski definition) is 1. The molecule has 21 heavy (non-hydrogen) atoms. The highest BCUT2D eigenvalue weighted by atomic mass is 16.3. The summed E-state index contributed by atoms with van der Waals surface area (Å²) in [7, 11) is 0. The molecule has 0 heterocycles. The zero-order chi connectivity index (χ0) is 15.5. The average molecular weight is 286 g/mol. The second-order valence-corrected chi connectivity index (χ2v) is 8.73. The minimum Gasteiger partial charge on any atom is -0.384 e. The first-order valence-corrected chi connectivity index (χ1v) is 8.52. The topological polar surface area (TPSA) is 20.2 Å². The molecule has 116 valence electrons. The second kappa shape index (κ2) is 4.59. The molecule has 2 fully saturated rings. The number of benzene rings is 1. The Hall–Kier alpha value is -0.820. The molecule has 1 aromatic carbocycles. The first kappa shape index (κ1) is 15.1. The third kappa shape index (κ3) is 1.93. The normalized spacial score (nSPS) is 37.4. The van der Waals surface area contributed by atoms with Crippen molar-refractivity contribution in [3.63, 3.8) is 0 Å². The Kier molecular flexibility index (Phi) is 3.30. The highest BCUT2D eigenvalue weighted by Gasteiger charge is 2.68. The van der Waals surface area contributed by atoms with E-state index in [4.69, 9.17) is 0 Å². The molecule has 1 heteroatoms. The molecule has 3 atom stereocenters. The van der Waals surface area contributed by atoms with Gasteiger partial charge in [-0.25, -0.2) is 0 Å². The van der Waals surface area contributed by atoms with Crippen molar-refractivity contribution in [2.45, 2.75) is 65.9 Å². The lowest BCUT2D eigenvalue weighted by atomic mass is 9.57. The van der Waals surface area contributed by atoms with Crippen LogP contribution in [0.1, 0.15) is 65.0 Å². The van der Waals surface area contributed by atoms with Crippen LogP contribution < -0.4 is 0 Å². The first-order valence-electron chi connectivity index (χ1n) is 8.52. The van der Waals surface area contributed by atoms with E-state index in [1.165, 1.54) is 18.4 Å². The van der Waals surface area contributed by atoms with E-state index in [1.807, 2.05) is 0 Å². The van der Waals surface area contributed by atoms with Crippen LogP contribution in [0, 0.1) is 22.7 Å². The van der Waals surface area contributed by atoms with Gasteiger partial charge in [-0.15, -0.1) is 0 Å². The standard InChI is InChI=1S/C20H30O/c1-14(2)11-15-7-6-8-16(12-15)20(21)18(3,4)17-9-10-19(20,5)13-17/h6-8,12,14,17,21H,9-11,13H2,1-5H3. The van der Waals surface area contributed by atoms with Gasteiger partial charge in [0.25, 0.3) is 0 Å². The monoisotopic (exact) mass is 286 g/mol. The maximum atomic E-state index is 11.8. The number of rotatable bonds is 3. The van der Waals surface area contributed by atoms with Crippen LogP contribution in [0.4, 0.5) is 0 Å². The fourth-order valence-electron chi connectivity index (χ4n) is 5.37. The molecule has 2 saturated carbocycles. The lowest BCUT2D eigenvalue weighted by Gasteiger charge is -2.51. The van der Waals surface area contributed by atoms with Gasteiger partial charge in [0.15, 0.2) is 0 Å². The Balaban J connectivity index is 2.06. The predicted octanol–water partition coefficient (Wildman–Crippen LogP) is 4.92. The van der Waals surface area contributed by atoms with Crippen LogP contribution in [-0.2, 0) is 12.0 Å². The molecule has 2 bridgehead atoms. The molecule has 0 spiro atoms. The molecule has 0 amide bonds. The predicted molar refractivity (Wildman–Crippen MR) is 88.1 cm³/mol. The highest BCUT2D eigenvalue weighted by molar-refractivity contribution is 5.36. The molecule has 3 rings (SSSR count). The van der Waals surface area contributed by atoms with Crippen LogP contribution in [0.25, 0.3) is 0 Å². The fraction of sp³-hybridized carbons (Fsp3) is 0.700. The fourth-order valence-corrected chi connectivity index (χ4v) is 5.37. The highest BCUT2D eigenvalue weighted by Crippen LogP contribution is 2.71. The van der Waals surface area contributed by atoms with Crippen LogP contribution in [0.5, 0.6) is 0 Å². The maximum absolute atomic E-state index is 11.8. The van der Waals surface area contributed by atoms with Crippen molar-refractivity contribution in [2.24, 2.45) is 22.7 Å². The van der Waals surface area contributed by atoms with E-state index < -0.39 is 5.60 Å². The van der Waals surface area contributed by atoms with Crippen molar-refractivity contribution < 1.29 is 5.11 Å². The zero-order valence-corrected chi connectivity index (χ0v) is 14.2. The molecular formula is C20H30O. The van der Waals surface area contributed by atoms with Gasteiger partial charge in [0.05, 0.1) is 0 Å². The number of fused-ring (bicyclic) bond motifs is 2. The van der Waals surface area contributed by atoms with E-state index in [9.17, 15) is 5.11 Å². The summed E-state index contributed by atoms with van der Waals surface area (Å²) in [5.74, 6) is 1.31. The van der Waals surface area contributed by atoms with Gasteiger partial charge in [-0.3, -0.25) is 0 Å². The molecule has 0 aliphatic heterocycles. The van der Waals surface area contributed by atoms with E-state index >= 15 is 0 Å². The van der Waals surface area contributed by atoms with Gasteiger partial charge < -0.3 is 5.11 Å².